The molecule has 0 radical (unpaired) electrons. The van der Waals surface area contributed by atoms with Crippen LogP contribution in [0.25, 0.3) is 0 Å². The normalized spacial score (nSPS) is 25.1. The standard InChI is InChI=1S/C13H16ClFN2/c14-10-5-11(15)7-12(6-10)17-4-3-16-13(8-17)9-1-2-9/h5-7,9,13,16H,1-4,8H2. The lowest BCUT2D eigenvalue weighted by Crippen LogP contribution is -2.51. The summed E-state index contributed by atoms with van der Waals surface area (Å²) in [6.45, 7) is 2.85. The second kappa shape index (κ2) is 4.46. The van der Waals surface area contributed by atoms with Crippen LogP contribution >= 0.6 is 11.6 Å². The van der Waals surface area contributed by atoms with Crippen molar-refractivity contribution in [2.45, 2.75) is 18.9 Å². The third kappa shape index (κ3) is 2.55. The Morgan fingerprint density at radius 1 is 1.29 bits per heavy atom. The summed E-state index contributed by atoms with van der Waals surface area (Å²) in [5, 5.41) is 4.02. The average Bonchev–Trinajstić information content (AvgIpc) is 3.12. The Balaban J connectivity index is 1.77. The predicted molar refractivity (Wildman–Crippen MR) is 68.1 cm³/mol. The number of hydrogen-bond donors (Lipinski definition) is 1. The van der Waals surface area contributed by atoms with Crippen LogP contribution in [0, 0.1) is 11.7 Å². The molecule has 17 heavy (non-hydrogen) atoms. The average molecular weight is 255 g/mol. The van der Waals surface area contributed by atoms with Gasteiger partial charge >= 0.3 is 0 Å². The van der Waals surface area contributed by atoms with Gasteiger partial charge in [0.2, 0.25) is 0 Å². The van der Waals surface area contributed by atoms with Crippen molar-refractivity contribution < 1.29 is 4.39 Å². The molecule has 2 fully saturated rings. The smallest absolute Gasteiger partial charge is 0.126 e. The third-order valence-electron chi connectivity index (χ3n) is 3.61. The first kappa shape index (κ1) is 11.3. The number of hydrogen-bond acceptors (Lipinski definition) is 2. The van der Waals surface area contributed by atoms with Crippen LogP contribution in [0.1, 0.15) is 12.8 Å². The minimum absolute atomic E-state index is 0.256. The largest absolute Gasteiger partial charge is 0.369 e. The first-order valence-electron chi connectivity index (χ1n) is 6.17. The highest BCUT2D eigenvalue weighted by Gasteiger charge is 2.34. The van der Waals surface area contributed by atoms with Gasteiger partial charge in [0.25, 0.3) is 0 Å². The van der Waals surface area contributed by atoms with Crippen LogP contribution in [-0.2, 0) is 0 Å². The summed E-state index contributed by atoms with van der Waals surface area (Å²) in [7, 11) is 0. The van der Waals surface area contributed by atoms with E-state index >= 15 is 0 Å². The van der Waals surface area contributed by atoms with Crippen LogP contribution < -0.4 is 10.2 Å². The number of rotatable bonds is 2. The molecule has 0 amide bonds. The van der Waals surface area contributed by atoms with Crippen LogP contribution in [-0.4, -0.2) is 25.7 Å². The van der Waals surface area contributed by atoms with E-state index in [0.717, 1.165) is 31.2 Å². The van der Waals surface area contributed by atoms with Crippen LogP contribution in [0.15, 0.2) is 18.2 Å². The SMILES string of the molecule is Fc1cc(Cl)cc(N2CCNC(C3CC3)C2)c1. The van der Waals surface area contributed by atoms with E-state index < -0.39 is 0 Å². The highest BCUT2D eigenvalue weighted by molar-refractivity contribution is 6.30. The molecule has 1 saturated carbocycles. The zero-order chi connectivity index (χ0) is 11.8. The Morgan fingerprint density at radius 2 is 2.12 bits per heavy atom. The molecule has 0 spiro atoms. The summed E-state index contributed by atoms with van der Waals surface area (Å²) >= 11 is 5.90. The maximum atomic E-state index is 13.3. The molecule has 1 N–H and O–H groups in total. The molecule has 92 valence electrons. The van der Waals surface area contributed by atoms with Gasteiger partial charge in [0.05, 0.1) is 0 Å². The lowest BCUT2D eigenvalue weighted by Gasteiger charge is -2.35. The zero-order valence-electron chi connectivity index (χ0n) is 9.63. The summed E-state index contributed by atoms with van der Waals surface area (Å²) in [6.07, 6.45) is 2.66. The maximum absolute atomic E-state index is 13.3. The van der Waals surface area contributed by atoms with Gasteiger partial charge in [-0.15, -0.1) is 0 Å². The molecule has 1 aromatic rings. The Morgan fingerprint density at radius 3 is 2.82 bits per heavy atom. The van der Waals surface area contributed by atoms with E-state index in [1.165, 1.54) is 18.9 Å². The van der Waals surface area contributed by atoms with E-state index in [9.17, 15) is 4.39 Å². The summed E-state index contributed by atoms with van der Waals surface area (Å²) in [5.41, 5.74) is 0.905. The van der Waals surface area contributed by atoms with Crippen LogP contribution in [0.4, 0.5) is 10.1 Å². The van der Waals surface area contributed by atoms with E-state index in [1.807, 2.05) is 6.07 Å². The quantitative estimate of drug-likeness (QED) is 0.873. The molecule has 0 bridgehead atoms. The summed E-state index contributed by atoms with van der Waals surface area (Å²) in [6, 6.07) is 5.33. The third-order valence-corrected chi connectivity index (χ3v) is 3.83. The van der Waals surface area contributed by atoms with E-state index in [4.69, 9.17) is 11.6 Å². The Hall–Kier alpha value is -0.800. The first-order valence-corrected chi connectivity index (χ1v) is 6.54. The van der Waals surface area contributed by atoms with Gasteiger partial charge in [-0.3, -0.25) is 0 Å². The molecule has 4 heteroatoms. The Kier molecular flexibility index (Phi) is 2.97. The van der Waals surface area contributed by atoms with E-state index in [-0.39, 0.29) is 5.82 Å². The molecule has 3 rings (SSSR count). The molecule has 1 aliphatic heterocycles. The molecular formula is C13H16ClFN2. The fourth-order valence-corrected chi connectivity index (χ4v) is 2.76. The van der Waals surface area contributed by atoms with Crippen molar-refractivity contribution in [1.29, 1.82) is 0 Å². The van der Waals surface area contributed by atoms with Gasteiger partial charge in [-0.2, -0.15) is 0 Å². The lowest BCUT2D eigenvalue weighted by atomic mass is 10.1. The second-order valence-electron chi connectivity index (χ2n) is 4.97. The monoisotopic (exact) mass is 254 g/mol. The van der Waals surface area contributed by atoms with Crippen LogP contribution in [0.2, 0.25) is 5.02 Å². The second-order valence-corrected chi connectivity index (χ2v) is 5.41. The summed E-state index contributed by atoms with van der Waals surface area (Å²) in [4.78, 5) is 2.23. The number of nitrogens with zero attached hydrogens (tertiary/aromatic N) is 1. The topological polar surface area (TPSA) is 15.3 Å². The van der Waals surface area contributed by atoms with Crippen LogP contribution in [0.3, 0.4) is 0 Å². The van der Waals surface area contributed by atoms with Crippen molar-refractivity contribution in [3.05, 3.63) is 29.0 Å². The van der Waals surface area contributed by atoms with Crippen molar-refractivity contribution in [2.24, 2.45) is 5.92 Å². The minimum Gasteiger partial charge on any atom is -0.369 e. The summed E-state index contributed by atoms with van der Waals surface area (Å²) in [5.74, 6) is 0.566. The van der Waals surface area contributed by atoms with E-state index in [0.29, 0.717) is 11.1 Å². The number of benzene rings is 1. The van der Waals surface area contributed by atoms with Gasteiger partial charge in [0.1, 0.15) is 5.82 Å². The molecule has 2 aliphatic rings. The number of halogens is 2. The van der Waals surface area contributed by atoms with Gasteiger partial charge in [-0.05, 0) is 37.0 Å². The van der Waals surface area contributed by atoms with Gasteiger partial charge in [-0.25, -0.2) is 4.39 Å². The maximum Gasteiger partial charge on any atom is 0.126 e. The van der Waals surface area contributed by atoms with Gasteiger partial charge in [0, 0.05) is 36.4 Å². The fourth-order valence-electron chi connectivity index (χ4n) is 2.55. The van der Waals surface area contributed by atoms with E-state index in [2.05, 4.69) is 10.2 Å². The number of nitrogens with one attached hydrogen (secondary N) is 1. The molecule has 1 saturated heterocycles. The van der Waals surface area contributed by atoms with Gasteiger partial charge in [-0.1, -0.05) is 11.6 Å². The fraction of sp³-hybridized carbons (Fsp3) is 0.538. The number of piperazine rings is 1. The van der Waals surface area contributed by atoms with E-state index in [1.54, 1.807) is 6.07 Å². The summed E-state index contributed by atoms with van der Waals surface area (Å²) < 4.78 is 13.3. The number of anilines is 1. The molecule has 1 unspecified atom stereocenters. The molecule has 1 atom stereocenters. The molecule has 1 aliphatic carbocycles. The Labute approximate surface area is 106 Å². The van der Waals surface area contributed by atoms with Crippen molar-refractivity contribution in [1.82, 2.24) is 5.32 Å². The minimum atomic E-state index is -0.256. The molecule has 1 aromatic carbocycles. The van der Waals surface area contributed by atoms with Crippen molar-refractivity contribution in [3.8, 4) is 0 Å². The zero-order valence-corrected chi connectivity index (χ0v) is 10.4. The predicted octanol–water partition coefficient (Wildman–Crippen LogP) is 2.67. The van der Waals surface area contributed by atoms with Crippen molar-refractivity contribution in [3.63, 3.8) is 0 Å². The van der Waals surface area contributed by atoms with Crippen LogP contribution in [0.5, 0.6) is 0 Å². The van der Waals surface area contributed by atoms with Gasteiger partial charge in [0.15, 0.2) is 0 Å². The first-order chi connectivity index (χ1) is 8.22. The van der Waals surface area contributed by atoms with Crippen molar-refractivity contribution in [2.75, 3.05) is 24.5 Å². The highest BCUT2D eigenvalue weighted by atomic mass is 35.5. The molecule has 0 aromatic heterocycles. The highest BCUT2D eigenvalue weighted by Crippen LogP contribution is 2.34. The molecule has 1 heterocycles. The lowest BCUT2D eigenvalue weighted by molar-refractivity contribution is 0.418. The molecule has 2 nitrogen and oxygen atoms in total. The van der Waals surface area contributed by atoms with Gasteiger partial charge < -0.3 is 10.2 Å². The van der Waals surface area contributed by atoms with Crippen molar-refractivity contribution >= 4 is 17.3 Å². The molecular weight excluding hydrogens is 239 g/mol. The Bertz CT molecular complexity index is 400.